The third-order valence-corrected chi connectivity index (χ3v) is 8.84. The van der Waals surface area contributed by atoms with E-state index in [-0.39, 0.29) is 28.3 Å². The van der Waals surface area contributed by atoms with E-state index in [0.29, 0.717) is 28.1 Å². The predicted octanol–water partition coefficient (Wildman–Crippen LogP) is 5.50. The van der Waals surface area contributed by atoms with Crippen LogP contribution in [-0.2, 0) is 19.4 Å². The molecule has 1 aromatic heterocycles. The average Bonchev–Trinajstić information content (AvgIpc) is 3.19. The highest BCUT2D eigenvalue weighted by Crippen LogP contribution is 2.35. The molecule has 284 valence electrons. The van der Waals surface area contributed by atoms with Crippen LogP contribution in [0.3, 0.4) is 0 Å². The number of nitrogens with zero attached hydrogens (tertiary/aromatic N) is 3. The summed E-state index contributed by atoms with van der Waals surface area (Å²) in [6.45, 7) is 2.69. The number of benzene rings is 4. The fraction of sp³-hybridized carbons (Fsp3) is 0.256. The van der Waals surface area contributed by atoms with Crippen molar-refractivity contribution in [2.75, 3.05) is 58.2 Å². The number of ether oxygens (including phenoxy) is 4. The maximum Gasteiger partial charge on any atom is 0.291 e. The van der Waals surface area contributed by atoms with Gasteiger partial charge >= 0.3 is 0 Å². The Labute approximate surface area is 317 Å². The third kappa shape index (κ3) is 9.24. The number of rotatable bonds is 12. The second kappa shape index (κ2) is 18.3. The van der Waals surface area contributed by atoms with Crippen LogP contribution in [0.25, 0.3) is 11.0 Å². The lowest BCUT2D eigenvalue weighted by Gasteiger charge is -2.29. The van der Waals surface area contributed by atoms with Crippen LogP contribution in [0, 0.1) is 0 Å². The molecule has 1 aliphatic rings. The first-order chi connectivity index (χ1) is 26.1. The molecule has 0 unspecified atom stereocenters. The van der Waals surface area contributed by atoms with Gasteiger partial charge in [0.05, 0.1) is 45.2 Å². The van der Waals surface area contributed by atoms with Gasteiger partial charge in [0.25, 0.3) is 5.91 Å². The minimum absolute atomic E-state index is 0.0163. The zero-order valence-electron chi connectivity index (χ0n) is 30.8. The maximum atomic E-state index is 13.3. The van der Waals surface area contributed by atoms with Crippen molar-refractivity contribution in [3.05, 3.63) is 117 Å². The summed E-state index contributed by atoms with van der Waals surface area (Å²) in [4.78, 5) is 28.4. The number of hydrogen-bond donors (Lipinski definition) is 4. The van der Waals surface area contributed by atoms with Crippen LogP contribution < -0.4 is 46.4 Å². The highest BCUT2D eigenvalue weighted by atomic mass is 32.2. The molecule has 6 N–H and O–H groups in total. The molecule has 0 radical (unpaired) electrons. The molecule has 0 aliphatic carbocycles. The summed E-state index contributed by atoms with van der Waals surface area (Å²) in [6, 6.07) is 22.8. The van der Waals surface area contributed by atoms with E-state index in [0.717, 1.165) is 72.8 Å². The highest BCUT2D eigenvalue weighted by Gasteiger charge is 2.21. The second-order valence-electron chi connectivity index (χ2n) is 12.1. The summed E-state index contributed by atoms with van der Waals surface area (Å²) in [5.74, 6) is 7.66. The van der Waals surface area contributed by atoms with Crippen molar-refractivity contribution in [1.82, 2.24) is 4.90 Å². The van der Waals surface area contributed by atoms with E-state index in [2.05, 4.69) is 27.5 Å². The molecular weight excluding hydrogens is 713 g/mol. The van der Waals surface area contributed by atoms with E-state index in [4.69, 9.17) is 39.5 Å². The molecule has 0 saturated carbocycles. The van der Waals surface area contributed by atoms with Crippen LogP contribution in [0.15, 0.2) is 93.2 Å². The molecule has 0 fully saturated rings. The zero-order valence-corrected chi connectivity index (χ0v) is 31.6. The Morgan fingerprint density at radius 3 is 2.20 bits per heavy atom. The third-order valence-electron chi connectivity index (χ3n) is 8.84. The van der Waals surface area contributed by atoms with Crippen molar-refractivity contribution in [1.29, 1.82) is 0 Å². The molecule has 5 aromatic rings. The van der Waals surface area contributed by atoms with Gasteiger partial charge < -0.3 is 39.0 Å². The van der Waals surface area contributed by atoms with Crippen LogP contribution in [-0.4, -0.2) is 69.0 Å². The molecule has 1 aliphatic heterocycles. The van der Waals surface area contributed by atoms with Gasteiger partial charge in [-0.25, -0.2) is 5.84 Å². The maximum absolute atomic E-state index is 13.3. The number of anilines is 2. The molecule has 0 atom stereocenters. The fourth-order valence-corrected chi connectivity index (χ4v) is 6.06. The topological polar surface area (TPSA) is 187 Å². The first-order valence-corrected chi connectivity index (χ1v) is 18.0. The summed E-state index contributed by atoms with van der Waals surface area (Å²) in [5, 5.41) is 8.68. The molecule has 15 heteroatoms. The second-order valence-corrected chi connectivity index (χ2v) is 12.5. The molecule has 0 saturated heterocycles. The van der Waals surface area contributed by atoms with Gasteiger partial charge in [0.1, 0.15) is 5.58 Å². The molecule has 4 aromatic carbocycles. The van der Waals surface area contributed by atoms with Gasteiger partial charge in [-0.2, -0.15) is 5.12 Å². The van der Waals surface area contributed by atoms with E-state index in [1.165, 1.54) is 31.4 Å². The summed E-state index contributed by atoms with van der Waals surface area (Å²) in [6.07, 6.45) is 3.40. The number of amidine groups is 1. The van der Waals surface area contributed by atoms with Gasteiger partial charge in [0, 0.05) is 43.6 Å². The lowest BCUT2D eigenvalue weighted by Crippen LogP contribution is -2.32. The molecule has 54 heavy (non-hydrogen) atoms. The molecule has 1 amide bonds. The SMILES string of the molecule is COc1cc2c(cc1OC)CN(CCc1ccc(N(N)/N=C(\N)c3cc(OC)c(OC)cc3NC(=O)c3cc(=O)c4ccccc4o3)cc1)CC2.CSO. The van der Waals surface area contributed by atoms with Crippen LogP contribution in [0.1, 0.15) is 32.8 Å². The van der Waals surface area contributed by atoms with Crippen molar-refractivity contribution in [2.45, 2.75) is 19.4 Å². The number of carbonyl (C=O) groups is 1. The van der Waals surface area contributed by atoms with Crippen LogP contribution >= 0.6 is 12.0 Å². The Morgan fingerprint density at radius 1 is 0.926 bits per heavy atom. The quantitative estimate of drug-likeness (QED) is 0.0411. The van der Waals surface area contributed by atoms with Gasteiger partial charge in [0.2, 0.25) is 0 Å². The van der Waals surface area contributed by atoms with Gasteiger partial charge in [-0.05, 0) is 84.0 Å². The monoisotopic (exact) mass is 756 g/mol. The summed E-state index contributed by atoms with van der Waals surface area (Å²) < 4.78 is 35.1. The van der Waals surface area contributed by atoms with E-state index in [9.17, 15) is 9.59 Å². The normalized spacial score (nSPS) is 12.6. The summed E-state index contributed by atoms with van der Waals surface area (Å²) >= 11 is 0.750. The largest absolute Gasteiger partial charge is 0.493 e. The van der Waals surface area contributed by atoms with Crippen molar-refractivity contribution < 1.29 is 32.7 Å². The number of nitrogens with one attached hydrogen (secondary N) is 1. The number of methoxy groups -OCH3 is 4. The Hall–Kier alpha value is -5.74. The van der Waals surface area contributed by atoms with Crippen LogP contribution in [0.5, 0.6) is 23.0 Å². The number of hydrazone groups is 1. The standard InChI is InChI=1S/C38H40N6O7.CH4OS/c1-47-32-17-24-14-16-43(22-25(24)18-33(32)48-2)15-13-23-9-11-26(12-10-23)44(40)42-37(39)28-19-34(49-3)35(50-4)20-29(28)41-38(46)36-21-30(45)27-7-5-6-8-31(27)51-36;1-3-2/h5-12,17-21H,13-16,22,40H2,1-4H3,(H2,39,42)(H,41,46);2H,1H3. The van der Waals surface area contributed by atoms with E-state index >= 15 is 0 Å². The van der Waals surface area contributed by atoms with Gasteiger partial charge in [-0.15, -0.1) is 5.10 Å². The van der Waals surface area contributed by atoms with E-state index in [1.807, 2.05) is 24.3 Å². The predicted molar refractivity (Wildman–Crippen MR) is 212 cm³/mol. The number of para-hydroxylation sites is 1. The number of amides is 1. The number of carbonyl (C=O) groups excluding carboxylic acids is 1. The first kappa shape index (κ1) is 39.5. The smallest absolute Gasteiger partial charge is 0.291 e. The summed E-state index contributed by atoms with van der Waals surface area (Å²) in [7, 11) is 6.26. The van der Waals surface area contributed by atoms with Gasteiger partial charge in [-0.1, -0.05) is 24.3 Å². The average molecular weight is 757 g/mol. The minimum Gasteiger partial charge on any atom is -0.493 e. The molecular formula is C39H44N6O8S. The van der Waals surface area contributed by atoms with Crippen molar-refractivity contribution in [2.24, 2.45) is 16.7 Å². The summed E-state index contributed by atoms with van der Waals surface area (Å²) in [5.41, 5.74) is 11.2. The molecule has 0 bridgehead atoms. The van der Waals surface area contributed by atoms with Crippen LogP contribution in [0.2, 0.25) is 0 Å². The molecule has 2 heterocycles. The van der Waals surface area contributed by atoms with E-state index < -0.39 is 5.91 Å². The van der Waals surface area contributed by atoms with E-state index in [1.54, 1.807) is 50.8 Å². The molecule has 6 rings (SSSR count). The highest BCUT2D eigenvalue weighted by molar-refractivity contribution is 7.93. The number of nitrogens with two attached hydrogens (primary N) is 2. The van der Waals surface area contributed by atoms with Crippen molar-refractivity contribution >= 4 is 46.1 Å². The van der Waals surface area contributed by atoms with Gasteiger partial charge in [-0.3, -0.25) is 14.5 Å². The fourth-order valence-electron chi connectivity index (χ4n) is 6.06. The molecule has 14 nitrogen and oxygen atoms in total. The molecule has 0 spiro atoms. The number of hydrogen-bond acceptors (Lipinski definition) is 13. The Bertz CT molecular complexity index is 2180. The first-order valence-electron chi connectivity index (χ1n) is 16.8. The van der Waals surface area contributed by atoms with Crippen molar-refractivity contribution in [3.8, 4) is 23.0 Å². The Balaban J connectivity index is 0.00000181. The lowest BCUT2D eigenvalue weighted by atomic mass is 9.98. The van der Waals surface area contributed by atoms with Gasteiger partial charge in [0.15, 0.2) is 40.0 Å². The zero-order chi connectivity index (χ0) is 38.8. The minimum atomic E-state index is -0.673. The Kier molecular flexibility index (Phi) is 13.4. The Morgan fingerprint density at radius 2 is 1.54 bits per heavy atom. The van der Waals surface area contributed by atoms with Crippen molar-refractivity contribution in [3.63, 3.8) is 0 Å². The van der Waals surface area contributed by atoms with Crippen LogP contribution in [0.4, 0.5) is 11.4 Å². The number of hydrazine groups is 1. The number of fused-ring (bicyclic) bond motifs is 2. The lowest BCUT2D eigenvalue weighted by molar-refractivity contribution is 0.0997.